The SMILES string of the molecule is COC(=O)c1cccc(Nc2cc(C(=O)NC3CCCCC3)ccn2)c1. The van der Waals surface area contributed by atoms with E-state index in [1.807, 2.05) is 6.07 Å². The Labute approximate surface area is 153 Å². The van der Waals surface area contributed by atoms with E-state index in [1.165, 1.54) is 26.4 Å². The second-order valence-corrected chi connectivity index (χ2v) is 6.44. The zero-order chi connectivity index (χ0) is 18.4. The number of aromatic nitrogens is 1. The Morgan fingerprint density at radius 1 is 1.08 bits per heavy atom. The largest absolute Gasteiger partial charge is 0.465 e. The lowest BCUT2D eigenvalue weighted by Crippen LogP contribution is -2.36. The van der Waals surface area contributed by atoms with Gasteiger partial charge in [0.2, 0.25) is 0 Å². The summed E-state index contributed by atoms with van der Waals surface area (Å²) >= 11 is 0. The minimum atomic E-state index is -0.401. The van der Waals surface area contributed by atoms with E-state index < -0.39 is 5.97 Å². The molecule has 6 nitrogen and oxygen atoms in total. The first kappa shape index (κ1) is 17.9. The van der Waals surface area contributed by atoms with Gasteiger partial charge in [-0.25, -0.2) is 9.78 Å². The molecule has 0 atom stereocenters. The van der Waals surface area contributed by atoms with Crippen LogP contribution in [-0.2, 0) is 4.74 Å². The van der Waals surface area contributed by atoms with Crippen LogP contribution in [0.5, 0.6) is 0 Å². The number of pyridine rings is 1. The monoisotopic (exact) mass is 353 g/mol. The number of hydrogen-bond acceptors (Lipinski definition) is 5. The maximum absolute atomic E-state index is 12.5. The molecule has 2 aromatic rings. The molecule has 136 valence electrons. The quantitative estimate of drug-likeness (QED) is 0.802. The maximum atomic E-state index is 12.5. The number of hydrogen-bond donors (Lipinski definition) is 2. The van der Waals surface area contributed by atoms with Crippen LogP contribution in [0.4, 0.5) is 11.5 Å². The number of nitrogens with zero attached hydrogens (tertiary/aromatic N) is 1. The summed E-state index contributed by atoms with van der Waals surface area (Å²) in [6.45, 7) is 0. The normalized spacial score (nSPS) is 14.5. The molecule has 0 saturated heterocycles. The molecule has 6 heteroatoms. The van der Waals surface area contributed by atoms with Crippen molar-refractivity contribution in [2.45, 2.75) is 38.1 Å². The van der Waals surface area contributed by atoms with Crippen molar-refractivity contribution in [2.24, 2.45) is 0 Å². The lowest BCUT2D eigenvalue weighted by Gasteiger charge is -2.22. The maximum Gasteiger partial charge on any atom is 0.337 e. The average molecular weight is 353 g/mol. The minimum absolute atomic E-state index is 0.0781. The third-order valence-corrected chi connectivity index (χ3v) is 4.52. The molecule has 1 amide bonds. The number of esters is 1. The van der Waals surface area contributed by atoms with Crippen molar-refractivity contribution in [3.05, 3.63) is 53.7 Å². The van der Waals surface area contributed by atoms with E-state index in [0.717, 1.165) is 12.8 Å². The molecular weight excluding hydrogens is 330 g/mol. The Hall–Kier alpha value is -2.89. The zero-order valence-electron chi connectivity index (χ0n) is 14.8. The Balaban J connectivity index is 1.69. The number of anilines is 2. The van der Waals surface area contributed by atoms with Crippen molar-refractivity contribution < 1.29 is 14.3 Å². The third kappa shape index (κ3) is 4.59. The van der Waals surface area contributed by atoms with Crippen LogP contribution in [0.1, 0.15) is 52.8 Å². The van der Waals surface area contributed by atoms with Gasteiger partial charge in [-0.15, -0.1) is 0 Å². The smallest absolute Gasteiger partial charge is 0.337 e. The molecule has 2 N–H and O–H groups in total. The van der Waals surface area contributed by atoms with Crippen molar-refractivity contribution in [3.63, 3.8) is 0 Å². The Morgan fingerprint density at radius 2 is 1.88 bits per heavy atom. The van der Waals surface area contributed by atoms with E-state index in [0.29, 0.717) is 22.6 Å². The molecule has 3 rings (SSSR count). The van der Waals surface area contributed by atoms with Crippen molar-refractivity contribution in [3.8, 4) is 0 Å². The van der Waals surface area contributed by atoms with Crippen molar-refractivity contribution in [1.82, 2.24) is 10.3 Å². The highest BCUT2D eigenvalue weighted by molar-refractivity contribution is 5.95. The highest BCUT2D eigenvalue weighted by Crippen LogP contribution is 2.20. The zero-order valence-corrected chi connectivity index (χ0v) is 14.8. The number of carbonyl (C=O) groups excluding carboxylic acids is 2. The second-order valence-electron chi connectivity index (χ2n) is 6.44. The van der Waals surface area contributed by atoms with Crippen LogP contribution >= 0.6 is 0 Å². The first-order chi connectivity index (χ1) is 12.7. The fourth-order valence-electron chi connectivity index (χ4n) is 3.15. The number of benzene rings is 1. The van der Waals surface area contributed by atoms with E-state index in [-0.39, 0.29) is 11.9 Å². The van der Waals surface area contributed by atoms with Gasteiger partial charge in [-0.1, -0.05) is 25.3 Å². The van der Waals surface area contributed by atoms with Gasteiger partial charge >= 0.3 is 5.97 Å². The van der Waals surface area contributed by atoms with E-state index in [2.05, 4.69) is 15.6 Å². The van der Waals surface area contributed by atoms with Gasteiger partial charge in [0.1, 0.15) is 5.82 Å². The van der Waals surface area contributed by atoms with E-state index >= 15 is 0 Å². The van der Waals surface area contributed by atoms with Crippen LogP contribution in [0.25, 0.3) is 0 Å². The molecule has 0 radical (unpaired) electrons. The lowest BCUT2D eigenvalue weighted by molar-refractivity contribution is 0.0600. The minimum Gasteiger partial charge on any atom is -0.465 e. The van der Waals surface area contributed by atoms with Gasteiger partial charge in [0.15, 0.2) is 0 Å². The molecule has 0 aliphatic heterocycles. The van der Waals surface area contributed by atoms with Gasteiger partial charge in [-0.05, 0) is 43.2 Å². The predicted molar refractivity (Wildman–Crippen MR) is 99.6 cm³/mol. The number of ether oxygens (including phenoxy) is 1. The van der Waals surface area contributed by atoms with Crippen molar-refractivity contribution in [1.29, 1.82) is 0 Å². The molecule has 1 saturated carbocycles. The van der Waals surface area contributed by atoms with Gasteiger partial charge in [0.25, 0.3) is 5.91 Å². The second kappa shape index (κ2) is 8.47. The average Bonchev–Trinajstić information content (AvgIpc) is 2.68. The van der Waals surface area contributed by atoms with Crippen LogP contribution in [0.15, 0.2) is 42.6 Å². The van der Waals surface area contributed by atoms with Crippen LogP contribution in [-0.4, -0.2) is 30.0 Å². The van der Waals surface area contributed by atoms with Crippen LogP contribution in [0.3, 0.4) is 0 Å². The number of carbonyl (C=O) groups is 2. The first-order valence-corrected chi connectivity index (χ1v) is 8.88. The molecule has 0 spiro atoms. The Bertz CT molecular complexity index is 785. The molecule has 1 aromatic heterocycles. The summed E-state index contributed by atoms with van der Waals surface area (Å²) < 4.78 is 4.73. The fraction of sp³-hybridized carbons (Fsp3) is 0.350. The number of amides is 1. The summed E-state index contributed by atoms with van der Waals surface area (Å²) in [6.07, 6.45) is 7.28. The Morgan fingerprint density at radius 3 is 2.65 bits per heavy atom. The standard InChI is InChI=1S/C20H23N3O3/c1-26-20(25)15-6-5-9-17(12-15)22-18-13-14(10-11-21-18)19(24)23-16-7-3-2-4-8-16/h5-6,9-13,16H,2-4,7-8H2,1H3,(H,21,22)(H,23,24). The molecule has 1 aliphatic carbocycles. The van der Waals surface area contributed by atoms with E-state index in [1.54, 1.807) is 36.5 Å². The van der Waals surface area contributed by atoms with Gasteiger partial charge in [0.05, 0.1) is 12.7 Å². The summed E-state index contributed by atoms with van der Waals surface area (Å²) in [5, 5.41) is 6.23. The van der Waals surface area contributed by atoms with Gasteiger partial charge in [-0.2, -0.15) is 0 Å². The molecule has 0 bridgehead atoms. The van der Waals surface area contributed by atoms with Gasteiger partial charge in [0, 0.05) is 23.5 Å². The van der Waals surface area contributed by atoms with Crippen molar-refractivity contribution >= 4 is 23.4 Å². The fourth-order valence-corrected chi connectivity index (χ4v) is 3.15. The summed E-state index contributed by atoms with van der Waals surface area (Å²) in [6, 6.07) is 10.6. The Kier molecular flexibility index (Phi) is 5.84. The molecule has 1 fully saturated rings. The van der Waals surface area contributed by atoms with E-state index in [9.17, 15) is 9.59 Å². The van der Waals surface area contributed by atoms with E-state index in [4.69, 9.17) is 4.74 Å². The van der Waals surface area contributed by atoms with Crippen LogP contribution in [0.2, 0.25) is 0 Å². The lowest BCUT2D eigenvalue weighted by atomic mass is 9.95. The first-order valence-electron chi connectivity index (χ1n) is 8.88. The molecule has 1 aliphatic rings. The summed E-state index contributed by atoms with van der Waals surface area (Å²) in [4.78, 5) is 28.4. The van der Waals surface area contributed by atoms with Gasteiger partial charge in [-0.3, -0.25) is 4.79 Å². The highest BCUT2D eigenvalue weighted by Gasteiger charge is 2.17. The summed E-state index contributed by atoms with van der Waals surface area (Å²) in [5.41, 5.74) is 1.71. The van der Waals surface area contributed by atoms with Gasteiger partial charge < -0.3 is 15.4 Å². The number of methoxy groups -OCH3 is 1. The molecule has 0 unspecified atom stereocenters. The summed E-state index contributed by atoms with van der Waals surface area (Å²) in [7, 11) is 1.35. The number of nitrogens with one attached hydrogen (secondary N) is 2. The highest BCUT2D eigenvalue weighted by atomic mass is 16.5. The van der Waals surface area contributed by atoms with Crippen LogP contribution in [0, 0.1) is 0 Å². The summed E-state index contributed by atoms with van der Waals surface area (Å²) in [5.74, 6) is 0.0659. The number of rotatable bonds is 5. The topological polar surface area (TPSA) is 80.3 Å². The molecule has 1 aromatic carbocycles. The molecule has 1 heterocycles. The molecule has 26 heavy (non-hydrogen) atoms. The van der Waals surface area contributed by atoms with Crippen LogP contribution < -0.4 is 10.6 Å². The molecular formula is C20H23N3O3. The predicted octanol–water partition coefficient (Wildman–Crippen LogP) is 3.67. The third-order valence-electron chi connectivity index (χ3n) is 4.52. The van der Waals surface area contributed by atoms with Crippen molar-refractivity contribution in [2.75, 3.05) is 12.4 Å².